The average molecular weight is 419 g/mol. The minimum atomic E-state index is -1.65. The van der Waals surface area contributed by atoms with Crippen LogP contribution in [0.5, 0.6) is 0 Å². The number of rotatable bonds is 5. The molecular weight excluding hydrogens is 386 g/mol. The van der Waals surface area contributed by atoms with Crippen molar-refractivity contribution >= 4 is 6.08 Å². The Morgan fingerprint density at radius 3 is 2.29 bits per heavy atom. The van der Waals surface area contributed by atoms with Gasteiger partial charge in [0.05, 0.1) is 6.54 Å². The van der Waals surface area contributed by atoms with Crippen molar-refractivity contribution in [2.75, 3.05) is 0 Å². The van der Waals surface area contributed by atoms with Gasteiger partial charge in [0.15, 0.2) is 0 Å². The van der Waals surface area contributed by atoms with Gasteiger partial charge in [-0.05, 0) is 63.8 Å². The molecule has 3 aromatic rings. The summed E-state index contributed by atoms with van der Waals surface area (Å²) in [5, 5.41) is 28.2. The van der Waals surface area contributed by atoms with Gasteiger partial charge in [-0.15, -0.1) is 0 Å². The molecular formula is C26H32N3O2+. The molecule has 5 nitrogen and oxygen atoms in total. The highest BCUT2D eigenvalue weighted by molar-refractivity contribution is 5.53. The normalized spacial score (nSPS) is 16.0. The van der Waals surface area contributed by atoms with Crippen molar-refractivity contribution in [1.82, 2.24) is 9.78 Å². The van der Waals surface area contributed by atoms with Gasteiger partial charge in [-0.25, -0.2) is 4.57 Å². The quantitative estimate of drug-likeness (QED) is 0.621. The third-order valence-corrected chi connectivity index (χ3v) is 6.20. The Hall–Kier alpha value is -2.76. The van der Waals surface area contributed by atoms with E-state index in [-0.39, 0.29) is 0 Å². The largest absolute Gasteiger partial charge is 0.386 e. The van der Waals surface area contributed by atoms with Crippen LogP contribution in [0.2, 0.25) is 0 Å². The van der Waals surface area contributed by atoms with Gasteiger partial charge >= 0.3 is 0 Å². The molecule has 0 amide bonds. The van der Waals surface area contributed by atoms with Crippen LogP contribution in [0.25, 0.3) is 11.8 Å². The van der Waals surface area contributed by atoms with Gasteiger partial charge in [0, 0.05) is 11.5 Å². The zero-order chi connectivity index (χ0) is 22.4. The lowest BCUT2D eigenvalue weighted by Gasteiger charge is -2.34. The van der Waals surface area contributed by atoms with Crippen molar-refractivity contribution in [2.45, 2.75) is 65.2 Å². The Kier molecular flexibility index (Phi) is 5.36. The molecule has 0 saturated heterocycles. The van der Waals surface area contributed by atoms with E-state index in [1.165, 1.54) is 5.56 Å². The second kappa shape index (κ2) is 7.74. The number of nitrogens with zero attached hydrogens (tertiary/aromatic N) is 3. The van der Waals surface area contributed by atoms with Crippen LogP contribution in [0.4, 0.5) is 0 Å². The molecule has 1 atom stereocenters. The summed E-state index contributed by atoms with van der Waals surface area (Å²) in [5.41, 5.74) is 2.19. The number of benzene rings is 2. The van der Waals surface area contributed by atoms with E-state index in [4.69, 9.17) is 5.10 Å². The fraction of sp³-hybridized carbons (Fsp3) is 0.385. The fourth-order valence-corrected chi connectivity index (χ4v) is 4.63. The highest BCUT2D eigenvalue weighted by atomic mass is 16.4. The molecule has 1 unspecified atom stereocenters. The predicted octanol–water partition coefficient (Wildman–Crippen LogP) is 3.70. The molecule has 0 fully saturated rings. The number of aliphatic hydroxyl groups is 2. The van der Waals surface area contributed by atoms with E-state index >= 15 is 0 Å². The van der Waals surface area contributed by atoms with Crippen LogP contribution in [0.15, 0.2) is 48.5 Å². The molecule has 2 aromatic carbocycles. The second-order valence-electron chi connectivity index (χ2n) is 9.22. The summed E-state index contributed by atoms with van der Waals surface area (Å²) in [5.74, 6) is 1.53. The lowest BCUT2D eigenvalue weighted by molar-refractivity contribution is -0.705. The number of fused-ring (bicyclic) bond motifs is 1. The maximum Gasteiger partial charge on any atom is 0.281 e. The molecule has 162 valence electrons. The number of aromatic nitrogens is 3. The summed E-state index contributed by atoms with van der Waals surface area (Å²) in [7, 11) is 0. The van der Waals surface area contributed by atoms with Gasteiger partial charge in [0.25, 0.3) is 11.6 Å². The van der Waals surface area contributed by atoms with Gasteiger partial charge in [0.2, 0.25) is 5.60 Å². The van der Waals surface area contributed by atoms with Gasteiger partial charge < -0.3 is 10.2 Å². The van der Waals surface area contributed by atoms with E-state index in [0.717, 1.165) is 47.6 Å². The minimum absolute atomic E-state index is 0.592. The second-order valence-corrected chi connectivity index (χ2v) is 9.22. The van der Waals surface area contributed by atoms with Crippen LogP contribution in [0.3, 0.4) is 0 Å². The van der Waals surface area contributed by atoms with E-state index < -0.39 is 11.2 Å². The van der Waals surface area contributed by atoms with Crippen molar-refractivity contribution < 1.29 is 14.8 Å². The maximum atomic E-state index is 12.1. The van der Waals surface area contributed by atoms with Crippen LogP contribution in [-0.2, 0) is 18.6 Å². The molecule has 0 saturated carbocycles. The lowest BCUT2D eigenvalue weighted by Crippen LogP contribution is -2.55. The molecule has 4 rings (SSSR count). The van der Waals surface area contributed by atoms with Gasteiger partial charge in [-0.2, -0.15) is 0 Å². The van der Waals surface area contributed by atoms with Crippen LogP contribution in [-0.4, -0.2) is 25.6 Å². The molecule has 2 N–H and O–H groups in total. The molecule has 0 spiro atoms. The van der Waals surface area contributed by atoms with Gasteiger partial charge in [0.1, 0.15) is 11.3 Å². The highest BCUT2D eigenvalue weighted by Gasteiger charge is 2.52. The van der Waals surface area contributed by atoms with E-state index in [1.54, 1.807) is 19.9 Å². The summed E-state index contributed by atoms with van der Waals surface area (Å²) < 4.78 is 3.93. The Morgan fingerprint density at radius 1 is 1.03 bits per heavy atom. The predicted molar refractivity (Wildman–Crippen MR) is 122 cm³/mol. The van der Waals surface area contributed by atoms with E-state index in [9.17, 15) is 10.2 Å². The Morgan fingerprint density at radius 2 is 1.68 bits per heavy atom. The molecule has 2 heterocycles. The first-order chi connectivity index (χ1) is 14.6. The molecule has 5 heteroatoms. The third kappa shape index (κ3) is 3.73. The first kappa shape index (κ1) is 21.5. The van der Waals surface area contributed by atoms with Crippen LogP contribution in [0.1, 0.15) is 54.2 Å². The van der Waals surface area contributed by atoms with Gasteiger partial charge in [-0.1, -0.05) is 58.8 Å². The Balaban J connectivity index is 1.98. The Labute approximate surface area is 184 Å². The maximum absolute atomic E-state index is 12.1. The molecule has 0 radical (unpaired) electrons. The molecule has 1 aliphatic rings. The van der Waals surface area contributed by atoms with Crippen molar-refractivity contribution in [1.29, 1.82) is 0 Å². The zero-order valence-electron chi connectivity index (χ0n) is 19.1. The van der Waals surface area contributed by atoms with Crippen molar-refractivity contribution in [3.05, 3.63) is 82.4 Å². The number of hydrogen-bond donors (Lipinski definition) is 2. The minimum Gasteiger partial charge on any atom is -0.386 e. The summed E-state index contributed by atoms with van der Waals surface area (Å²) >= 11 is 0. The first-order valence-electron chi connectivity index (χ1n) is 10.9. The first-order valence-corrected chi connectivity index (χ1v) is 10.9. The van der Waals surface area contributed by atoms with E-state index in [2.05, 4.69) is 37.5 Å². The smallest absolute Gasteiger partial charge is 0.281 e. The summed E-state index contributed by atoms with van der Waals surface area (Å²) in [6, 6.07) is 14.1. The number of hydrogen-bond acceptors (Lipinski definition) is 3. The van der Waals surface area contributed by atoms with Crippen molar-refractivity contribution in [3.63, 3.8) is 0 Å². The van der Waals surface area contributed by atoms with Crippen LogP contribution >= 0.6 is 0 Å². The topological polar surface area (TPSA) is 62.2 Å². The summed E-state index contributed by atoms with van der Waals surface area (Å²) in [6.07, 6.45) is 5.41. The summed E-state index contributed by atoms with van der Waals surface area (Å²) in [4.78, 5) is 0. The highest BCUT2D eigenvalue weighted by Crippen LogP contribution is 2.36. The van der Waals surface area contributed by atoms with Crippen LogP contribution in [0, 0.1) is 20.8 Å². The van der Waals surface area contributed by atoms with Crippen molar-refractivity contribution in [3.8, 4) is 5.69 Å². The Bertz CT molecular complexity index is 1120. The summed E-state index contributed by atoms with van der Waals surface area (Å²) in [6.45, 7) is 10.3. The molecule has 0 bridgehead atoms. The standard InChI is InChI=1S/C26H32N3O2/c1-18-16-19(2)23(20(3)17-18)29-24(28-15-9-12-22(28)27-29)26(31,25(4,5)30)14-13-21-10-7-6-8-11-21/h6-8,10-11,13-14,16-17,30-31H,9,12,15H2,1-5H3/q+1/b14-13+. The van der Waals surface area contributed by atoms with E-state index in [1.807, 2.05) is 41.1 Å². The zero-order valence-corrected chi connectivity index (χ0v) is 19.1. The average Bonchev–Trinajstić information content (AvgIpc) is 3.26. The third-order valence-electron chi connectivity index (χ3n) is 6.20. The molecule has 31 heavy (non-hydrogen) atoms. The lowest BCUT2D eigenvalue weighted by atomic mass is 9.83. The van der Waals surface area contributed by atoms with Gasteiger partial charge in [-0.3, -0.25) is 0 Å². The van der Waals surface area contributed by atoms with E-state index in [0.29, 0.717) is 5.82 Å². The molecule has 1 aromatic heterocycles. The van der Waals surface area contributed by atoms with Crippen LogP contribution < -0.4 is 4.57 Å². The molecule has 1 aliphatic heterocycles. The fourth-order valence-electron chi connectivity index (χ4n) is 4.63. The monoisotopic (exact) mass is 418 g/mol. The molecule has 0 aliphatic carbocycles. The SMILES string of the molecule is Cc1cc(C)c(-n2nc3[n+](c2C(O)(/C=C/c2ccccc2)C(C)(C)O)CCC3)c(C)c1. The number of aryl methyl sites for hydroxylation is 4. The van der Waals surface area contributed by atoms with Crippen molar-refractivity contribution in [2.24, 2.45) is 0 Å².